The molecule has 72 valence electrons. The molecule has 1 N–H and O–H groups in total. The van der Waals surface area contributed by atoms with Crippen molar-refractivity contribution in [3.8, 4) is 0 Å². The Morgan fingerprint density at radius 2 is 2.25 bits per heavy atom. The number of unbranched alkanes of at least 4 members (excludes halogenated alkanes) is 1. The first-order chi connectivity index (χ1) is 5.70. The SMILES string of the molecule is CCCC/C(CC(C)O)=N/OC. The lowest BCUT2D eigenvalue weighted by atomic mass is 10.1. The monoisotopic (exact) mass is 173 g/mol. The van der Waals surface area contributed by atoms with Gasteiger partial charge in [-0.15, -0.1) is 0 Å². The largest absolute Gasteiger partial charge is 0.399 e. The molecule has 0 aliphatic heterocycles. The smallest absolute Gasteiger partial charge is 0.106 e. The third-order valence-corrected chi connectivity index (χ3v) is 1.57. The van der Waals surface area contributed by atoms with Gasteiger partial charge in [-0.25, -0.2) is 0 Å². The van der Waals surface area contributed by atoms with Crippen molar-refractivity contribution in [1.82, 2.24) is 0 Å². The van der Waals surface area contributed by atoms with Gasteiger partial charge in [-0.2, -0.15) is 0 Å². The van der Waals surface area contributed by atoms with Crippen LogP contribution in [-0.4, -0.2) is 24.0 Å². The highest BCUT2D eigenvalue weighted by Gasteiger charge is 2.04. The Morgan fingerprint density at radius 3 is 2.67 bits per heavy atom. The number of nitrogens with zero attached hydrogens (tertiary/aromatic N) is 1. The molecule has 0 saturated heterocycles. The molecule has 0 aliphatic carbocycles. The first-order valence-electron chi connectivity index (χ1n) is 4.47. The zero-order valence-corrected chi connectivity index (χ0v) is 8.21. The highest BCUT2D eigenvalue weighted by atomic mass is 16.6. The Labute approximate surface area is 74.4 Å². The fourth-order valence-electron chi connectivity index (χ4n) is 1.04. The van der Waals surface area contributed by atoms with Crippen LogP contribution in [0.25, 0.3) is 0 Å². The van der Waals surface area contributed by atoms with Gasteiger partial charge in [0.25, 0.3) is 0 Å². The predicted octanol–water partition coefficient (Wildman–Crippen LogP) is 1.95. The van der Waals surface area contributed by atoms with E-state index < -0.39 is 0 Å². The van der Waals surface area contributed by atoms with Gasteiger partial charge in [-0.1, -0.05) is 18.5 Å². The van der Waals surface area contributed by atoms with Crippen LogP contribution in [0.3, 0.4) is 0 Å². The number of aliphatic hydroxyl groups is 1. The summed E-state index contributed by atoms with van der Waals surface area (Å²) in [5.74, 6) is 0. The molecule has 0 radical (unpaired) electrons. The Kier molecular flexibility index (Phi) is 6.76. The summed E-state index contributed by atoms with van der Waals surface area (Å²) < 4.78 is 0. The Balaban J connectivity index is 3.78. The molecule has 0 saturated carbocycles. The van der Waals surface area contributed by atoms with Gasteiger partial charge in [0.1, 0.15) is 7.11 Å². The first kappa shape index (κ1) is 11.4. The molecular formula is C9H19NO2. The average Bonchev–Trinajstić information content (AvgIpc) is 2.00. The van der Waals surface area contributed by atoms with Gasteiger partial charge in [0.2, 0.25) is 0 Å². The van der Waals surface area contributed by atoms with E-state index in [9.17, 15) is 0 Å². The van der Waals surface area contributed by atoms with Gasteiger partial charge >= 0.3 is 0 Å². The summed E-state index contributed by atoms with van der Waals surface area (Å²) in [7, 11) is 1.54. The molecule has 0 aliphatic rings. The summed E-state index contributed by atoms with van der Waals surface area (Å²) in [4.78, 5) is 4.68. The van der Waals surface area contributed by atoms with Crippen LogP contribution in [0.1, 0.15) is 39.5 Å². The maximum Gasteiger partial charge on any atom is 0.106 e. The van der Waals surface area contributed by atoms with Crippen LogP contribution >= 0.6 is 0 Å². The van der Waals surface area contributed by atoms with E-state index in [1.54, 1.807) is 6.92 Å². The number of oxime groups is 1. The molecule has 0 amide bonds. The molecule has 0 fully saturated rings. The summed E-state index contributed by atoms with van der Waals surface area (Å²) in [5.41, 5.74) is 0.953. The van der Waals surface area contributed by atoms with Crippen LogP contribution in [-0.2, 0) is 4.84 Å². The van der Waals surface area contributed by atoms with Crippen LogP contribution in [0.5, 0.6) is 0 Å². The van der Waals surface area contributed by atoms with E-state index in [2.05, 4.69) is 16.9 Å². The molecule has 0 bridgehead atoms. The van der Waals surface area contributed by atoms with E-state index in [0.29, 0.717) is 6.42 Å². The minimum Gasteiger partial charge on any atom is -0.399 e. The molecule has 1 unspecified atom stereocenters. The van der Waals surface area contributed by atoms with Crippen LogP contribution in [0.15, 0.2) is 5.16 Å². The van der Waals surface area contributed by atoms with E-state index in [4.69, 9.17) is 5.11 Å². The second kappa shape index (κ2) is 7.10. The Hall–Kier alpha value is -0.570. The number of hydrogen-bond acceptors (Lipinski definition) is 3. The van der Waals surface area contributed by atoms with Crippen molar-refractivity contribution in [2.24, 2.45) is 5.16 Å². The minimum absolute atomic E-state index is 0.323. The van der Waals surface area contributed by atoms with Gasteiger partial charge in [0, 0.05) is 6.42 Å². The van der Waals surface area contributed by atoms with Crippen molar-refractivity contribution in [2.45, 2.75) is 45.6 Å². The molecule has 3 heteroatoms. The van der Waals surface area contributed by atoms with Crippen LogP contribution in [0.2, 0.25) is 0 Å². The molecule has 0 aromatic carbocycles. The molecule has 12 heavy (non-hydrogen) atoms. The summed E-state index contributed by atoms with van der Waals surface area (Å²) in [6, 6.07) is 0. The normalized spacial score (nSPS) is 14.5. The summed E-state index contributed by atoms with van der Waals surface area (Å²) in [6.07, 6.45) is 3.47. The zero-order valence-electron chi connectivity index (χ0n) is 8.21. The first-order valence-corrected chi connectivity index (χ1v) is 4.47. The van der Waals surface area contributed by atoms with Crippen molar-refractivity contribution < 1.29 is 9.94 Å². The van der Waals surface area contributed by atoms with Crippen LogP contribution in [0, 0.1) is 0 Å². The van der Waals surface area contributed by atoms with Gasteiger partial charge < -0.3 is 9.94 Å². The number of hydrogen-bond donors (Lipinski definition) is 1. The molecule has 1 atom stereocenters. The standard InChI is InChI=1S/C9H19NO2/c1-4-5-6-9(10-12-3)7-8(2)11/h8,11H,4-7H2,1-3H3/b10-9-. The fraction of sp³-hybridized carbons (Fsp3) is 0.889. The van der Waals surface area contributed by atoms with E-state index in [1.807, 2.05) is 0 Å². The Bertz CT molecular complexity index is 132. The van der Waals surface area contributed by atoms with E-state index in [-0.39, 0.29) is 6.10 Å². The predicted molar refractivity (Wildman–Crippen MR) is 50.3 cm³/mol. The van der Waals surface area contributed by atoms with Crippen molar-refractivity contribution in [3.63, 3.8) is 0 Å². The third kappa shape index (κ3) is 6.16. The van der Waals surface area contributed by atoms with Crippen molar-refractivity contribution in [1.29, 1.82) is 0 Å². The zero-order chi connectivity index (χ0) is 9.40. The average molecular weight is 173 g/mol. The van der Waals surface area contributed by atoms with Crippen molar-refractivity contribution in [2.75, 3.05) is 7.11 Å². The topological polar surface area (TPSA) is 41.8 Å². The molecule has 0 aromatic heterocycles. The Morgan fingerprint density at radius 1 is 1.58 bits per heavy atom. The lowest BCUT2D eigenvalue weighted by Gasteiger charge is -2.06. The maximum atomic E-state index is 9.11. The molecule has 0 heterocycles. The summed E-state index contributed by atoms with van der Waals surface area (Å²) in [6.45, 7) is 3.89. The van der Waals surface area contributed by atoms with E-state index in [1.165, 1.54) is 7.11 Å². The molecular weight excluding hydrogens is 154 g/mol. The summed E-state index contributed by atoms with van der Waals surface area (Å²) >= 11 is 0. The molecule has 0 aromatic rings. The maximum absolute atomic E-state index is 9.11. The summed E-state index contributed by atoms with van der Waals surface area (Å²) in [5, 5.41) is 13.0. The van der Waals surface area contributed by atoms with Gasteiger partial charge in [0.15, 0.2) is 0 Å². The van der Waals surface area contributed by atoms with Crippen molar-refractivity contribution in [3.05, 3.63) is 0 Å². The molecule has 0 spiro atoms. The minimum atomic E-state index is -0.323. The van der Waals surface area contributed by atoms with Crippen molar-refractivity contribution >= 4 is 5.71 Å². The third-order valence-electron chi connectivity index (χ3n) is 1.57. The van der Waals surface area contributed by atoms with Crippen LogP contribution in [0.4, 0.5) is 0 Å². The highest BCUT2D eigenvalue weighted by Crippen LogP contribution is 2.03. The van der Waals surface area contributed by atoms with E-state index in [0.717, 1.165) is 25.0 Å². The molecule has 0 rings (SSSR count). The van der Waals surface area contributed by atoms with Gasteiger partial charge in [-0.05, 0) is 19.8 Å². The number of rotatable bonds is 6. The van der Waals surface area contributed by atoms with Gasteiger partial charge in [-0.3, -0.25) is 0 Å². The quantitative estimate of drug-likeness (QED) is 0.492. The van der Waals surface area contributed by atoms with E-state index >= 15 is 0 Å². The highest BCUT2D eigenvalue weighted by molar-refractivity contribution is 5.84. The lowest BCUT2D eigenvalue weighted by Crippen LogP contribution is -2.09. The molecule has 3 nitrogen and oxygen atoms in total. The number of aliphatic hydroxyl groups excluding tert-OH is 1. The fourth-order valence-corrected chi connectivity index (χ4v) is 1.04. The second-order valence-corrected chi connectivity index (χ2v) is 3.00. The van der Waals surface area contributed by atoms with Gasteiger partial charge in [0.05, 0.1) is 11.8 Å². The second-order valence-electron chi connectivity index (χ2n) is 3.00. The van der Waals surface area contributed by atoms with Crippen LogP contribution < -0.4 is 0 Å². The lowest BCUT2D eigenvalue weighted by molar-refractivity contribution is 0.190.